The van der Waals surface area contributed by atoms with Crippen molar-refractivity contribution in [1.82, 2.24) is 5.32 Å². The number of nitrogens with one attached hydrogen (secondary N) is 1. The van der Waals surface area contributed by atoms with Crippen molar-refractivity contribution < 1.29 is 0 Å². The largest absolute Gasteiger partial charge is 0.384 e. The average molecular weight is 163 g/mol. The monoisotopic (exact) mass is 163 g/mol. The molecule has 0 aliphatic carbocycles. The number of allylic oxidation sites excluding steroid dienone is 1. The summed E-state index contributed by atoms with van der Waals surface area (Å²) in [6.07, 6.45) is 9.53. The quantitative estimate of drug-likeness (QED) is 0.631. The van der Waals surface area contributed by atoms with E-state index in [0.29, 0.717) is 12.0 Å². The highest BCUT2D eigenvalue weighted by Crippen LogP contribution is 2.25. The molecule has 1 nitrogen and oxygen atoms in total. The Balaban J connectivity index is 2.69. The molecule has 12 heavy (non-hydrogen) atoms. The van der Waals surface area contributed by atoms with Crippen LogP contribution >= 0.6 is 0 Å². The van der Waals surface area contributed by atoms with Crippen molar-refractivity contribution in [3.8, 4) is 0 Å². The Labute approximate surface area is 74.9 Å². The summed E-state index contributed by atoms with van der Waals surface area (Å²) in [5.41, 5.74) is 1.45. The zero-order valence-corrected chi connectivity index (χ0v) is 7.88. The Morgan fingerprint density at radius 3 is 2.92 bits per heavy atom. The molecule has 2 atom stereocenters. The molecular formula is C11H17N. The summed E-state index contributed by atoms with van der Waals surface area (Å²) in [5.74, 6) is 0.492. The maximum Gasteiger partial charge on any atom is 0.0539 e. The fourth-order valence-corrected chi connectivity index (χ4v) is 1.65. The molecule has 1 N–H and O–H groups in total. The molecule has 0 saturated carbocycles. The lowest BCUT2D eigenvalue weighted by Crippen LogP contribution is -2.23. The van der Waals surface area contributed by atoms with E-state index in [4.69, 9.17) is 0 Å². The Morgan fingerprint density at radius 1 is 1.67 bits per heavy atom. The van der Waals surface area contributed by atoms with Gasteiger partial charge in [0.05, 0.1) is 6.04 Å². The lowest BCUT2D eigenvalue weighted by atomic mass is 9.93. The van der Waals surface area contributed by atoms with Crippen LogP contribution in [0.3, 0.4) is 0 Å². The van der Waals surface area contributed by atoms with Crippen LogP contribution in [0, 0.1) is 5.92 Å². The third-order valence-corrected chi connectivity index (χ3v) is 2.34. The molecule has 1 heteroatoms. The van der Waals surface area contributed by atoms with Crippen molar-refractivity contribution in [1.29, 1.82) is 0 Å². The van der Waals surface area contributed by atoms with Crippen LogP contribution in [-0.4, -0.2) is 6.04 Å². The maximum atomic E-state index is 3.86. The van der Waals surface area contributed by atoms with E-state index < -0.39 is 0 Å². The third-order valence-electron chi connectivity index (χ3n) is 2.34. The molecule has 0 radical (unpaired) electrons. The molecule has 0 saturated heterocycles. The lowest BCUT2D eigenvalue weighted by molar-refractivity contribution is 0.629. The van der Waals surface area contributed by atoms with Crippen LogP contribution in [0.25, 0.3) is 0 Å². The summed E-state index contributed by atoms with van der Waals surface area (Å²) in [4.78, 5) is 0. The van der Waals surface area contributed by atoms with E-state index in [-0.39, 0.29) is 0 Å². The number of hydrogen-bond acceptors (Lipinski definition) is 1. The van der Waals surface area contributed by atoms with Crippen molar-refractivity contribution in [2.75, 3.05) is 0 Å². The van der Waals surface area contributed by atoms with E-state index in [1.807, 2.05) is 13.0 Å². The Kier molecular flexibility index (Phi) is 3.15. The maximum absolute atomic E-state index is 3.86. The van der Waals surface area contributed by atoms with Crippen molar-refractivity contribution in [2.45, 2.75) is 26.3 Å². The highest BCUT2D eigenvalue weighted by molar-refractivity contribution is 5.24. The molecule has 2 unspecified atom stereocenters. The second kappa shape index (κ2) is 4.15. The molecule has 0 fully saturated rings. The van der Waals surface area contributed by atoms with E-state index in [9.17, 15) is 0 Å². The van der Waals surface area contributed by atoms with Gasteiger partial charge in [0.1, 0.15) is 0 Å². The zero-order valence-electron chi connectivity index (χ0n) is 7.88. The first-order valence-electron chi connectivity index (χ1n) is 4.53. The molecule has 0 bridgehead atoms. The normalized spacial score (nSPS) is 28.7. The summed E-state index contributed by atoms with van der Waals surface area (Å²) < 4.78 is 0. The van der Waals surface area contributed by atoms with Gasteiger partial charge in [-0.1, -0.05) is 25.2 Å². The predicted octanol–water partition coefficient (Wildman–Crippen LogP) is 2.63. The average Bonchev–Trinajstić information content (AvgIpc) is 2.47. The molecule has 66 valence electrons. The Bertz CT molecular complexity index is 213. The molecule has 0 aromatic carbocycles. The molecule has 1 rings (SSSR count). The summed E-state index contributed by atoms with van der Waals surface area (Å²) >= 11 is 0. The zero-order chi connectivity index (χ0) is 8.97. The van der Waals surface area contributed by atoms with Gasteiger partial charge in [-0.25, -0.2) is 0 Å². The fourth-order valence-electron chi connectivity index (χ4n) is 1.65. The van der Waals surface area contributed by atoms with E-state index in [2.05, 4.69) is 37.2 Å². The van der Waals surface area contributed by atoms with Crippen LogP contribution in [0.15, 0.2) is 36.6 Å². The van der Waals surface area contributed by atoms with E-state index in [1.165, 1.54) is 5.57 Å². The minimum atomic E-state index is 0.433. The van der Waals surface area contributed by atoms with E-state index >= 15 is 0 Å². The van der Waals surface area contributed by atoms with Crippen molar-refractivity contribution >= 4 is 0 Å². The van der Waals surface area contributed by atoms with Gasteiger partial charge in [0.25, 0.3) is 0 Å². The lowest BCUT2D eigenvalue weighted by Gasteiger charge is -2.14. The first kappa shape index (κ1) is 9.11. The highest BCUT2D eigenvalue weighted by atomic mass is 14.9. The summed E-state index contributed by atoms with van der Waals surface area (Å²) in [6.45, 7) is 8.09. The number of rotatable bonds is 3. The number of hydrogen-bond donors (Lipinski definition) is 1. The predicted molar refractivity (Wildman–Crippen MR) is 53.8 cm³/mol. The molecule has 1 aliphatic heterocycles. The van der Waals surface area contributed by atoms with E-state index in [1.54, 1.807) is 0 Å². The van der Waals surface area contributed by atoms with Crippen molar-refractivity contribution in [2.24, 2.45) is 5.92 Å². The van der Waals surface area contributed by atoms with Crippen LogP contribution in [0.4, 0.5) is 0 Å². The molecule has 0 amide bonds. The Hall–Kier alpha value is -0.980. The van der Waals surface area contributed by atoms with Crippen LogP contribution in [-0.2, 0) is 0 Å². The summed E-state index contributed by atoms with van der Waals surface area (Å²) in [6, 6.07) is 0.433. The van der Waals surface area contributed by atoms with E-state index in [0.717, 1.165) is 6.42 Å². The minimum absolute atomic E-state index is 0.433. The fraction of sp³-hybridized carbons (Fsp3) is 0.455. The van der Waals surface area contributed by atoms with Gasteiger partial charge in [-0.15, -0.1) is 6.58 Å². The van der Waals surface area contributed by atoms with Gasteiger partial charge < -0.3 is 5.32 Å². The smallest absolute Gasteiger partial charge is 0.0539 e. The van der Waals surface area contributed by atoms with Crippen LogP contribution in [0.1, 0.15) is 20.3 Å². The minimum Gasteiger partial charge on any atom is -0.384 e. The molecule has 1 heterocycles. The first-order valence-corrected chi connectivity index (χ1v) is 4.53. The van der Waals surface area contributed by atoms with Crippen molar-refractivity contribution in [3.05, 3.63) is 36.6 Å². The van der Waals surface area contributed by atoms with Gasteiger partial charge in [0.2, 0.25) is 0 Å². The second-order valence-corrected chi connectivity index (χ2v) is 3.05. The van der Waals surface area contributed by atoms with Gasteiger partial charge in [-0.05, 0) is 25.1 Å². The van der Waals surface area contributed by atoms with Gasteiger partial charge >= 0.3 is 0 Å². The van der Waals surface area contributed by atoms with Crippen molar-refractivity contribution in [3.63, 3.8) is 0 Å². The molecule has 0 spiro atoms. The summed E-state index contributed by atoms with van der Waals surface area (Å²) in [5, 5.41) is 3.34. The molecule has 0 aromatic rings. The molecule has 1 aliphatic rings. The topological polar surface area (TPSA) is 12.0 Å². The summed E-state index contributed by atoms with van der Waals surface area (Å²) in [7, 11) is 0. The third kappa shape index (κ3) is 1.60. The Morgan fingerprint density at radius 2 is 2.42 bits per heavy atom. The highest BCUT2D eigenvalue weighted by Gasteiger charge is 2.22. The van der Waals surface area contributed by atoms with Crippen LogP contribution in [0.5, 0.6) is 0 Å². The van der Waals surface area contributed by atoms with Crippen LogP contribution < -0.4 is 5.32 Å². The standard InChI is InChI=1S/C11H17N/c1-4-7-11-10(6-3)9(5-2)8-12-11/h4,6-8,10-12H,3,5H2,1-2H3/b7-4-. The van der Waals surface area contributed by atoms with Gasteiger partial charge in [0, 0.05) is 5.92 Å². The molecular weight excluding hydrogens is 146 g/mol. The van der Waals surface area contributed by atoms with Gasteiger partial charge in [-0.2, -0.15) is 0 Å². The van der Waals surface area contributed by atoms with Gasteiger partial charge in [-0.3, -0.25) is 0 Å². The first-order chi connectivity index (χ1) is 5.83. The SMILES string of the molecule is C=CC1C(CC)=CNC1/C=C\C. The second-order valence-electron chi connectivity index (χ2n) is 3.05. The van der Waals surface area contributed by atoms with Crippen LogP contribution in [0.2, 0.25) is 0 Å². The van der Waals surface area contributed by atoms with Gasteiger partial charge in [0.15, 0.2) is 0 Å². The molecule has 0 aromatic heterocycles.